The number of hydrogen-bond acceptors (Lipinski definition) is 2. The van der Waals surface area contributed by atoms with Gasteiger partial charge in [-0.15, -0.1) is 0 Å². The Morgan fingerprint density at radius 3 is 2.65 bits per heavy atom. The van der Waals surface area contributed by atoms with Gasteiger partial charge in [-0.25, -0.2) is 0 Å². The van der Waals surface area contributed by atoms with Crippen molar-refractivity contribution in [2.45, 2.75) is 26.7 Å². The van der Waals surface area contributed by atoms with Gasteiger partial charge < -0.3 is 10.1 Å². The molecule has 1 aromatic rings. The Labute approximate surface area is 112 Å². The zero-order chi connectivity index (χ0) is 12.3. The van der Waals surface area contributed by atoms with Crippen molar-refractivity contribution in [1.82, 2.24) is 5.32 Å². The molecule has 17 heavy (non-hydrogen) atoms. The molecule has 3 heteroatoms. The molecule has 1 heterocycles. The maximum absolute atomic E-state index is 6.00. The maximum Gasteiger partial charge on any atom is 0.125 e. The van der Waals surface area contributed by atoms with Crippen molar-refractivity contribution >= 4 is 15.9 Å². The molecular formula is C14H20BrNO. The van der Waals surface area contributed by atoms with Crippen LogP contribution in [0.4, 0.5) is 0 Å². The molecule has 1 N–H and O–H groups in total. The average Bonchev–Trinajstić information content (AvgIpc) is 2.29. The summed E-state index contributed by atoms with van der Waals surface area (Å²) in [6.45, 7) is 7.29. The van der Waals surface area contributed by atoms with Gasteiger partial charge in [-0.05, 0) is 56.5 Å². The molecule has 0 spiro atoms. The standard InChI is InChI=1S/C14H20BrNO/c1-10-6-13(15)7-11(2)14(10)17-9-12-4-3-5-16-8-12/h6-7,12,16H,3-5,8-9H2,1-2H3/t12-/m0/s1. The molecule has 0 saturated carbocycles. The van der Waals surface area contributed by atoms with Gasteiger partial charge >= 0.3 is 0 Å². The van der Waals surface area contributed by atoms with Crippen LogP contribution in [0, 0.1) is 19.8 Å². The van der Waals surface area contributed by atoms with Gasteiger partial charge in [0.1, 0.15) is 5.75 Å². The first-order valence-electron chi connectivity index (χ1n) is 6.27. The fourth-order valence-corrected chi connectivity index (χ4v) is 3.08. The molecule has 1 saturated heterocycles. The minimum atomic E-state index is 0.659. The summed E-state index contributed by atoms with van der Waals surface area (Å²) >= 11 is 3.51. The van der Waals surface area contributed by atoms with Gasteiger partial charge in [0, 0.05) is 16.9 Å². The van der Waals surface area contributed by atoms with Gasteiger partial charge in [0.25, 0.3) is 0 Å². The van der Waals surface area contributed by atoms with E-state index in [4.69, 9.17) is 4.74 Å². The molecule has 0 aliphatic carbocycles. The molecule has 2 nitrogen and oxygen atoms in total. The lowest BCUT2D eigenvalue weighted by molar-refractivity contribution is 0.216. The molecule has 1 fully saturated rings. The lowest BCUT2D eigenvalue weighted by Crippen LogP contribution is -2.33. The summed E-state index contributed by atoms with van der Waals surface area (Å²) in [5, 5.41) is 3.42. The van der Waals surface area contributed by atoms with Gasteiger partial charge in [-0.3, -0.25) is 0 Å². The van der Waals surface area contributed by atoms with Crippen molar-refractivity contribution in [2.24, 2.45) is 5.92 Å². The molecular weight excluding hydrogens is 278 g/mol. The Morgan fingerprint density at radius 1 is 1.35 bits per heavy atom. The number of piperidine rings is 1. The van der Waals surface area contributed by atoms with E-state index >= 15 is 0 Å². The fraction of sp³-hybridized carbons (Fsp3) is 0.571. The van der Waals surface area contributed by atoms with Crippen LogP contribution in [0.1, 0.15) is 24.0 Å². The Kier molecular flexibility index (Phi) is 4.46. The Hall–Kier alpha value is -0.540. The Bertz CT molecular complexity index is 363. The molecule has 0 aromatic heterocycles. The molecule has 1 aliphatic heterocycles. The highest BCUT2D eigenvalue weighted by Crippen LogP contribution is 2.28. The van der Waals surface area contributed by atoms with Crippen molar-refractivity contribution in [3.8, 4) is 5.75 Å². The van der Waals surface area contributed by atoms with Crippen LogP contribution in [0.2, 0.25) is 0 Å². The summed E-state index contributed by atoms with van der Waals surface area (Å²) in [7, 11) is 0. The number of aryl methyl sites for hydroxylation is 2. The lowest BCUT2D eigenvalue weighted by Gasteiger charge is -2.23. The van der Waals surface area contributed by atoms with E-state index in [1.54, 1.807) is 0 Å². The van der Waals surface area contributed by atoms with Gasteiger partial charge in [-0.2, -0.15) is 0 Å². The highest BCUT2D eigenvalue weighted by Gasteiger charge is 2.14. The van der Waals surface area contributed by atoms with Crippen LogP contribution in [-0.4, -0.2) is 19.7 Å². The van der Waals surface area contributed by atoms with Crippen molar-refractivity contribution < 1.29 is 4.74 Å². The molecule has 94 valence electrons. The number of benzene rings is 1. The van der Waals surface area contributed by atoms with Gasteiger partial charge in [0.15, 0.2) is 0 Å². The summed E-state index contributed by atoms with van der Waals surface area (Å²) in [5.74, 6) is 1.71. The molecule has 0 radical (unpaired) electrons. The van der Waals surface area contributed by atoms with Crippen LogP contribution in [0.3, 0.4) is 0 Å². The van der Waals surface area contributed by atoms with Gasteiger partial charge in [0.05, 0.1) is 6.61 Å². The highest BCUT2D eigenvalue weighted by molar-refractivity contribution is 9.10. The third-order valence-electron chi connectivity index (χ3n) is 3.29. The van der Waals surface area contributed by atoms with E-state index in [9.17, 15) is 0 Å². The quantitative estimate of drug-likeness (QED) is 0.923. The van der Waals surface area contributed by atoms with E-state index in [0.717, 1.165) is 29.9 Å². The van der Waals surface area contributed by atoms with Crippen LogP contribution < -0.4 is 10.1 Å². The number of hydrogen-bond donors (Lipinski definition) is 1. The number of nitrogens with one attached hydrogen (secondary N) is 1. The number of rotatable bonds is 3. The summed E-state index contributed by atoms with van der Waals surface area (Å²) in [5.41, 5.74) is 2.42. The summed E-state index contributed by atoms with van der Waals surface area (Å²) < 4.78 is 7.13. The van der Waals surface area contributed by atoms with Crippen molar-refractivity contribution in [3.63, 3.8) is 0 Å². The first kappa shape index (κ1) is 12.9. The number of halogens is 1. The molecule has 1 aliphatic rings. The zero-order valence-electron chi connectivity index (χ0n) is 10.6. The predicted octanol–water partition coefficient (Wildman–Crippen LogP) is 3.44. The van der Waals surface area contributed by atoms with E-state index in [0.29, 0.717) is 5.92 Å². The zero-order valence-corrected chi connectivity index (χ0v) is 12.1. The predicted molar refractivity (Wildman–Crippen MR) is 74.7 cm³/mol. The van der Waals surface area contributed by atoms with Crippen molar-refractivity contribution in [2.75, 3.05) is 19.7 Å². The lowest BCUT2D eigenvalue weighted by atomic mass is 10.0. The maximum atomic E-state index is 6.00. The second-order valence-electron chi connectivity index (χ2n) is 4.89. The van der Waals surface area contributed by atoms with Crippen molar-refractivity contribution in [1.29, 1.82) is 0 Å². The first-order chi connectivity index (χ1) is 8.16. The second-order valence-corrected chi connectivity index (χ2v) is 5.81. The van der Waals surface area contributed by atoms with Crippen molar-refractivity contribution in [3.05, 3.63) is 27.7 Å². The molecule has 1 atom stereocenters. The van der Waals surface area contributed by atoms with E-state index in [1.165, 1.54) is 24.0 Å². The Morgan fingerprint density at radius 2 is 2.06 bits per heavy atom. The molecule has 1 aromatic carbocycles. The SMILES string of the molecule is Cc1cc(Br)cc(C)c1OC[C@H]1CCCNC1. The molecule has 2 rings (SSSR count). The van der Waals surface area contributed by atoms with Gasteiger partial charge in [0.2, 0.25) is 0 Å². The monoisotopic (exact) mass is 297 g/mol. The third-order valence-corrected chi connectivity index (χ3v) is 3.75. The fourth-order valence-electron chi connectivity index (χ4n) is 2.39. The van der Waals surface area contributed by atoms with Crippen LogP contribution in [-0.2, 0) is 0 Å². The van der Waals surface area contributed by atoms with E-state index in [2.05, 4.69) is 47.2 Å². The smallest absolute Gasteiger partial charge is 0.125 e. The molecule has 0 bridgehead atoms. The number of ether oxygens (including phenoxy) is 1. The van der Waals surface area contributed by atoms with Crippen LogP contribution in [0.25, 0.3) is 0 Å². The van der Waals surface area contributed by atoms with E-state index in [-0.39, 0.29) is 0 Å². The van der Waals surface area contributed by atoms with E-state index in [1.807, 2.05) is 0 Å². The minimum absolute atomic E-state index is 0.659. The topological polar surface area (TPSA) is 21.3 Å². The second kappa shape index (κ2) is 5.87. The molecule has 0 amide bonds. The van der Waals surface area contributed by atoms with Crippen LogP contribution >= 0.6 is 15.9 Å². The van der Waals surface area contributed by atoms with Crippen LogP contribution in [0.15, 0.2) is 16.6 Å². The van der Waals surface area contributed by atoms with Gasteiger partial charge in [-0.1, -0.05) is 15.9 Å². The summed E-state index contributed by atoms with van der Waals surface area (Å²) in [6.07, 6.45) is 2.55. The van der Waals surface area contributed by atoms with Crippen LogP contribution in [0.5, 0.6) is 5.75 Å². The largest absolute Gasteiger partial charge is 0.493 e. The summed E-state index contributed by atoms with van der Waals surface area (Å²) in [4.78, 5) is 0. The van der Waals surface area contributed by atoms with E-state index < -0.39 is 0 Å². The molecule has 0 unspecified atom stereocenters. The summed E-state index contributed by atoms with van der Waals surface area (Å²) in [6, 6.07) is 4.23. The Balaban J connectivity index is 1.98. The normalized spacial score (nSPS) is 20.3. The third kappa shape index (κ3) is 3.46. The first-order valence-corrected chi connectivity index (χ1v) is 7.06. The average molecular weight is 298 g/mol. The minimum Gasteiger partial charge on any atom is -0.493 e. The highest BCUT2D eigenvalue weighted by atomic mass is 79.9.